The van der Waals surface area contributed by atoms with E-state index in [1.165, 1.54) is 10.8 Å². The molecule has 15 heteroatoms. The Morgan fingerprint density at radius 3 is 2.46 bits per heavy atom. The number of aliphatic carboxylic acids is 1. The third kappa shape index (κ3) is 5.17. The predicted molar refractivity (Wildman–Crippen MR) is 148 cm³/mol. The fourth-order valence-electron chi connectivity index (χ4n) is 4.96. The summed E-state index contributed by atoms with van der Waals surface area (Å²) in [6.45, 7) is 4.02. The van der Waals surface area contributed by atoms with Crippen molar-refractivity contribution in [1.82, 2.24) is 39.0 Å². The number of hydrogen-bond acceptors (Lipinski definition) is 11. The van der Waals surface area contributed by atoms with Gasteiger partial charge in [0.15, 0.2) is 12.3 Å². The molecule has 0 unspecified atom stereocenters. The Kier molecular flexibility index (Phi) is 6.76. The molecule has 1 aliphatic heterocycles. The van der Waals surface area contributed by atoms with Crippen LogP contribution in [-0.2, 0) is 11.3 Å². The van der Waals surface area contributed by atoms with Crippen molar-refractivity contribution in [2.24, 2.45) is 5.73 Å². The molecule has 5 N–H and O–H groups in total. The van der Waals surface area contributed by atoms with Crippen LogP contribution >= 0.6 is 0 Å². The molecule has 6 rings (SSSR count). The van der Waals surface area contributed by atoms with Gasteiger partial charge >= 0.3 is 5.97 Å². The summed E-state index contributed by atoms with van der Waals surface area (Å²) in [7, 11) is 0. The SMILES string of the molecule is NC(=O)c1cc2c(nc(N)n3nc(-c4ccncn4)nc23)n1CCN1CCN(c2ccc(OCC(=O)O)cc2)CC1. The summed E-state index contributed by atoms with van der Waals surface area (Å²) >= 11 is 0. The largest absolute Gasteiger partial charge is 0.482 e. The molecule has 0 aliphatic carbocycles. The van der Waals surface area contributed by atoms with Crippen molar-refractivity contribution >= 4 is 40.2 Å². The number of nitrogens with zero attached hydrogens (tertiary/aromatic N) is 9. The van der Waals surface area contributed by atoms with E-state index in [1.54, 1.807) is 35.0 Å². The monoisotopic (exact) mass is 557 g/mol. The van der Waals surface area contributed by atoms with Crippen LogP contribution in [0.5, 0.6) is 5.75 Å². The molecule has 1 aromatic carbocycles. The van der Waals surface area contributed by atoms with Crippen molar-refractivity contribution in [1.29, 1.82) is 0 Å². The van der Waals surface area contributed by atoms with E-state index in [4.69, 9.17) is 21.3 Å². The maximum atomic E-state index is 12.4. The van der Waals surface area contributed by atoms with Crippen molar-refractivity contribution in [2.75, 3.05) is 50.0 Å². The highest BCUT2D eigenvalue weighted by Gasteiger charge is 2.23. The van der Waals surface area contributed by atoms with Crippen LogP contribution in [0.4, 0.5) is 11.6 Å². The molecule has 210 valence electrons. The van der Waals surface area contributed by atoms with E-state index in [0.29, 0.717) is 52.7 Å². The van der Waals surface area contributed by atoms with Gasteiger partial charge in [0, 0.05) is 51.2 Å². The van der Waals surface area contributed by atoms with Crippen molar-refractivity contribution in [3.05, 3.63) is 54.6 Å². The summed E-state index contributed by atoms with van der Waals surface area (Å²) in [6.07, 6.45) is 3.01. The number of carbonyl (C=O) groups is 2. The second kappa shape index (κ2) is 10.7. The Morgan fingerprint density at radius 2 is 1.78 bits per heavy atom. The topological polar surface area (TPSA) is 196 Å². The third-order valence-corrected chi connectivity index (χ3v) is 6.99. The molecule has 4 aromatic heterocycles. The molecule has 0 atom stereocenters. The molecule has 0 bridgehead atoms. The van der Waals surface area contributed by atoms with Crippen LogP contribution in [0.25, 0.3) is 28.2 Å². The number of fused-ring (bicyclic) bond motifs is 3. The van der Waals surface area contributed by atoms with Gasteiger partial charge in [0.2, 0.25) is 11.8 Å². The van der Waals surface area contributed by atoms with E-state index < -0.39 is 11.9 Å². The summed E-state index contributed by atoms with van der Waals surface area (Å²) in [5, 5.41) is 13.8. The number of benzene rings is 1. The zero-order valence-electron chi connectivity index (χ0n) is 21.9. The number of carbonyl (C=O) groups excluding carboxylic acids is 1. The van der Waals surface area contributed by atoms with E-state index in [1.807, 2.05) is 12.1 Å². The molecule has 0 saturated carbocycles. The first-order valence-electron chi connectivity index (χ1n) is 12.9. The summed E-state index contributed by atoms with van der Waals surface area (Å²) in [5.41, 5.74) is 14.9. The maximum absolute atomic E-state index is 12.4. The number of hydrogen-bond donors (Lipinski definition) is 3. The third-order valence-electron chi connectivity index (χ3n) is 6.99. The Balaban J connectivity index is 1.17. The molecule has 0 spiro atoms. The highest BCUT2D eigenvalue weighted by molar-refractivity contribution is 6.01. The first kappa shape index (κ1) is 25.9. The van der Waals surface area contributed by atoms with E-state index >= 15 is 0 Å². The first-order valence-corrected chi connectivity index (χ1v) is 12.9. The highest BCUT2D eigenvalue weighted by atomic mass is 16.5. The van der Waals surface area contributed by atoms with Crippen LogP contribution in [0.3, 0.4) is 0 Å². The van der Waals surface area contributed by atoms with Gasteiger partial charge in [0.25, 0.3) is 5.91 Å². The molecule has 1 saturated heterocycles. The molecule has 1 aliphatic rings. The summed E-state index contributed by atoms with van der Waals surface area (Å²) in [4.78, 5) is 45.0. The second-order valence-electron chi connectivity index (χ2n) is 9.52. The van der Waals surface area contributed by atoms with Crippen LogP contribution in [-0.4, -0.2) is 95.3 Å². The van der Waals surface area contributed by atoms with Crippen LogP contribution in [0.15, 0.2) is 48.9 Å². The number of amides is 1. The molecule has 15 nitrogen and oxygen atoms in total. The van der Waals surface area contributed by atoms with Gasteiger partial charge < -0.3 is 30.8 Å². The zero-order valence-corrected chi connectivity index (χ0v) is 21.9. The number of aromatic nitrogens is 7. The van der Waals surface area contributed by atoms with Crippen LogP contribution in [0, 0.1) is 0 Å². The van der Waals surface area contributed by atoms with Gasteiger partial charge in [-0.05, 0) is 36.4 Å². The lowest BCUT2D eigenvalue weighted by atomic mass is 10.2. The van der Waals surface area contributed by atoms with Gasteiger partial charge in [-0.1, -0.05) is 0 Å². The number of carboxylic acids is 1. The average molecular weight is 558 g/mol. The van der Waals surface area contributed by atoms with Crippen molar-refractivity contribution in [3.8, 4) is 17.3 Å². The van der Waals surface area contributed by atoms with E-state index in [9.17, 15) is 9.59 Å². The average Bonchev–Trinajstić information content (AvgIpc) is 3.59. The Hall–Kier alpha value is -5.31. The smallest absolute Gasteiger partial charge is 0.341 e. The first-order chi connectivity index (χ1) is 19.9. The van der Waals surface area contributed by atoms with Crippen LogP contribution < -0.4 is 21.1 Å². The van der Waals surface area contributed by atoms with Crippen molar-refractivity contribution in [2.45, 2.75) is 6.54 Å². The number of anilines is 2. The molecular formula is C26H27N11O4. The minimum atomic E-state index is -1.01. The normalized spacial score (nSPS) is 14.1. The lowest BCUT2D eigenvalue weighted by Crippen LogP contribution is -2.47. The van der Waals surface area contributed by atoms with E-state index in [0.717, 1.165) is 31.9 Å². The lowest BCUT2D eigenvalue weighted by molar-refractivity contribution is -0.139. The van der Waals surface area contributed by atoms with Crippen LogP contribution in [0.2, 0.25) is 0 Å². The number of nitrogen functional groups attached to an aromatic ring is 1. The number of primary amides is 1. The minimum Gasteiger partial charge on any atom is -0.482 e. The molecule has 1 amide bonds. The molecule has 5 heterocycles. The second-order valence-corrected chi connectivity index (χ2v) is 9.52. The highest BCUT2D eigenvalue weighted by Crippen LogP contribution is 2.26. The van der Waals surface area contributed by atoms with Gasteiger partial charge in [-0.3, -0.25) is 9.69 Å². The predicted octanol–water partition coefficient (Wildman–Crippen LogP) is 0.503. The molecule has 5 aromatic rings. The van der Waals surface area contributed by atoms with Crippen LogP contribution in [0.1, 0.15) is 10.5 Å². The lowest BCUT2D eigenvalue weighted by Gasteiger charge is -2.36. The number of piperazine rings is 1. The van der Waals surface area contributed by atoms with Gasteiger partial charge in [-0.15, -0.1) is 5.10 Å². The quantitative estimate of drug-likeness (QED) is 0.227. The number of carboxylic acid groups (broad SMARTS) is 1. The minimum absolute atomic E-state index is 0.128. The number of rotatable bonds is 9. The van der Waals surface area contributed by atoms with Gasteiger partial charge in [0.05, 0.1) is 5.39 Å². The number of ether oxygens (including phenoxy) is 1. The maximum Gasteiger partial charge on any atom is 0.341 e. The summed E-state index contributed by atoms with van der Waals surface area (Å²) < 4.78 is 8.43. The fraction of sp³-hybridized carbons (Fsp3) is 0.269. The van der Waals surface area contributed by atoms with Crippen molar-refractivity contribution in [3.63, 3.8) is 0 Å². The van der Waals surface area contributed by atoms with E-state index in [-0.39, 0.29) is 12.6 Å². The Bertz CT molecular complexity index is 1730. The number of nitrogens with two attached hydrogens (primary N) is 2. The van der Waals surface area contributed by atoms with Gasteiger partial charge in [0.1, 0.15) is 29.1 Å². The zero-order chi connectivity index (χ0) is 28.5. The fourth-order valence-corrected chi connectivity index (χ4v) is 4.96. The standard InChI is InChI=1S/C26H27N11O4/c27-22(40)20-13-18-24(32-26(28)37-25(18)31-23(33-37)19-5-6-29-15-30-19)36(20)12-9-34-7-10-35(11-8-34)16-1-3-17(4-2-16)41-14-21(38)39/h1-6,13,15H,7-12,14H2,(H2,27,40)(H2,28,32)(H,38,39). The van der Waals surface area contributed by atoms with Gasteiger partial charge in [-0.2, -0.15) is 9.50 Å². The summed E-state index contributed by atoms with van der Waals surface area (Å²) in [5.74, 6) is -0.580. The Labute approximate surface area is 233 Å². The van der Waals surface area contributed by atoms with Crippen molar-refractivity contribution < 1.29 is 19.4 Å². The molecule has 1 fully saturated rings. The van der Waals surface area contributed by atoms with Gasteiger partial charge in [-0.25, -0.2) is 19.7 Å². The molecular weight excluding hydrogens is 530 g/mol. The molecule has 0 radical (unpaired) electrons. The van der Waals surface area contributed by atoms with E-state index in [2.05, 4.69) is 34.8 Å². The summed E-state index contributed by atoms with van der Waals surface area (Å²) in [6, 6.07) is 10.8. The Morgan fingerprint density at radius 1 is 1.00 bits per heavy atom. The molecule has 41 heavy (non-hydrogen) atoms.